The van der Waals surface area contributed by atoms with Crippen molar-refractivity contribution in [3.05, 3.63) is 75.0 Å². The van der Waals surface area contributed by atoms with Crippen molar-refractivity contribution >= 4 is 35.1 Å². The Hall–Kier alpha value is -2.15. The van der Waals surface area contributed by atoms with E-state index in [2.05, 4.69) is 0 Å². The van der Waals surface area contributed by atoms with Crippen molar-refractivity contribution in [3.8, 4) is 6.07 Å². The molecule has 21 heavy (non-hydrogen) atoms. The molecule has 0 radical (unpaired) electrons. The van der Waals surface area contributed by atoms with Gasteiger partial charge in [0.1, 0.15) is 17.5 Å². The van der Waals surface area contributed by atoms with Gasteiger partial charge in [0, 0.05) is 15.6 Å². The summed E-state index contributed by atoms with van der Waals surface area (Å²) < 4.78 is 13.6. The van der Waals surface area contributed by atoms with E-state index in [1.54, 1.807) is 24.3 Å². The Morgan fingerprint density at radius 2 is 1.71 bits per heavy atom. The standard InChI is InChI=1S/C16H8Cl2FNO/c17-13-5-3-6-14(18)12(13)8-10(9-20)16(21)11-4-1-2-7-15(11)19/h1-8H/b10-8+. The molecule has 2 aromatic carbocycles. The fourth-order valence-corrected chi connectivity index (χ4v) is 2.24. The molecule has 0 saturated carbocycles. The molecule has 104 valence electrons. The summed E-state index contributed by atoms with van der Waals surface area (Å²) in [5.41, 5.74) is -0.0642. The van der Waals surface area contributed by atoms with Gasteiger partial charge in [-0.1, -0.05) is 41.4 Å². The zero-order valence-corrected chi connectivity index (χ0v) is 12.1. The van der Waals surface area contributed by atoms with Gasteiger partial charge in [0.25, 0.3) is 0 Å². The number of ketones is 1. The van der Waals surface area contributed by atoms with E-state index in [1.165, 1.54) is 24.3 Å². The first-order chi connectivity index (χ1) is 10.0. The molecule has 0 spiro atoms. The zero-order valence-electron chi connectivity index (χ0n) is 10.6. The summed E-state index contributed by atoms with van der Waals surface area (Å²) in [6.45, 7) is 0. The highest BCUT2D eigenvalue weighted by Crippen LogP contribution is 2.27. The van der Waals surface area contributed by atoms with E-state index < -0.39 is 11.6 Å². The summed E-state index contributed by atoms with van der Waals surface area (Å²) in [6, 6.07) is 12.0. The molecule has 2 rings (SSSR count). The lowest BCUT2D eigenvalue weighted by Gasteiger charge is -2.04. The van der Waals surface area contributed by atoms with Gasteiger partial charge < -0.3 is 0 Å². The van der Waals surface area contributed by atoms with Crippen LogP contribution < -0.4 is 0 Å². The molecular weight excluding hydrogens is 312 g/mol. The zero-order chi connectivity index (χ0) is 15.4. The minimum atomic E-state index is -0.716. The number of carbonyl (C=O) groups is 1. The topological polar surface area (TPSA) is 40.9 Å². The normalized spacial score (nSPS) is 11.0. The minimum absolute atomic E-state index is 0.173. The number of rotatable bonds is 3. The van der Waals surface area contributed by atoms with E-state index in [4.69, 9.17) is 28.5 Å². The molecule has 0 unspecified atom stereocenters. The lowest BCUT2D eigenvalue weighted by molar-refractivity contribution is 0.103. The van der Waals surface area contributed by atoms with Crippen LogP contribution in [-0.2, 0) is 0 Å². The van der Waals surface area contributed by atoms with Crippen LogP contribution >= 0.6 is 23.2 Å². The third-order valence-corrected chi connectivity index (χ3v) is 3.43. The van der Waals surface area contributed by atoms with Crippen LogP contribution in [0.5, 0.6) is 0 Å². The second-order valence-electron chi connectivity index (χ2n) is 4.11. The Balaban J connectivity index is 2.51. The molecule has 0 aliphatic rings. The Morgan fingerprint density at radius 1 is 1.10 bits per heavy atom. The van der Waals surface area contributed by atoms with Gasteiger partial charge in [-0.15, -0.1) is 0 Å². The van der Waals surface area contributed by atoms with Crippen LogP contribution in [0.15, 0.2) is 48.0 Å². The Morgan fingerprint density at radius 3 is 2.29 bits per heavy atom. The molecule has 0 N–H and O–H groups in total. The number of Topliss-reactive ketones (excluding diaryl/α,β-unsaturated/α-hetero) is 1. The fraction of sp³-hybridized carbons (Fsp3) is 0. The SMILES string of the molecule is N#C/C(=C\c1c(Cl)cccc1Cl)C(=O)c1ccccc1F. The van der Waals surface area contributed by atoms with E-state index in [1.807, 2.05) is 0 Å². The third-order valence-electron chi connectivity index (χ3n) is 2.77. The van der Waals surface area contributed by atoms with Gasteiger partial charge in [-0.05, 0) is 30.3 Å². The lowest BCUT2D eigenvalue weighted by atomic mass is 10.0. The fourth-order valence-electron chi connectivity index (χ4n) is 1.73. The predicted octanol–water partition coefficient (Wildman–Crippen LogP) is 4.92. The molecule has 0 bridgehead atoms. The van der Waals surface area contributed by atoms with E-state index in [9.17, 15) is 9.18 Å². The van der Waals surface area contributed by atoms with Crippen molar-refractivity contribution in [2.75, 3.05) is 0 Å². The van der Waals surface area contributed by atoms with Crippen molar-refractivity contribution in [3.63, 3.8) is 0 Å². The molecule has 0 aromatic heterocycles. The number of hydrogen-bond donors (Lipinski definition) is 0. The molecule has 0 fully saturated rings. The van der Waals surface area contributed by atoms with Gasteiger partial charge in [-0.25, -0.2) is 4.39 Å². The Bertz CT molecular complexity index is 758. The minimum Gasteiger partial charge on any atom is -0.288 e. The van der Waals surface area contributed by atoms with Crippen LogP contribution in [0.4, 0.5) is 4.39 Å². The molecule has 2 nitrogen and oxygen atoms in total. The van der Waals surface area contributed by atoms with Crippen LogP contribution in [0.3, 0.4) is 0 Å². The van der Waals surface area contributed by atoms with Crippen molar-refractivity contribution in [2.24, 2.45) is 0 Å². The molecule has 2 aromatic rings. The van der Waals surface area contributed by atoms with Crippen molar-refractivity contribution < 1.29 is 9.18 Å². The highest BCUT2D eigenvalue weighted by atomic mass is 35.5. The largest absolute Gasteiger partial charge is 0.288 e. The first-order valence-corrected chi connectivity index (χ1v) is 6.65. The second-order valence-corrected chi connectivity index (χ2v) is 4.93. The number of nitrogens with zero attached hydrogens (tertiary/aromatic N) is 1. The summed E-state index contributed by atoms with van der Waals surface area (Å²) in [5.74, 6) is -1.40. The maximum atomic E-state index is 13.6. The molecule has 0 amide bonds. The molecule has 0 aliphatic carbocycles. The first kappa shape index (κ1) is 15.2. The van der Waals surface area contributed by atoms with Gasteiger partial charge in [0.2, 0.25) is 5.78 Å². The summed E-state index contributed by atoms with van der Waals surface area (Å²) in [5, 5.41) is 9.75. The van der Waals surface area contributed by atoms with Gasteiger partial charge in [-0.3, -0.25) is 4.79 Å². The van der Waals surface area contributed by atoms with Gasteiger partial charge >= 0.3 is 0 Å². The highest BCUT2D eigenvalue weighted by molar-refractivity contribution is 6.37. The molecule has 0 atom stereocenters. The van der Waals surface area contributed by atoms with Crippen LogP contribution in [-0.4, -0.2) is 5.78 Å². The van der Waals surface area contributed by atoms with Gasteiger partial charge in [0.05, 0.1) is 5.56 Å². The van der Waals surface area contributed by atoms with Crippen LogP contribution in [0.25, 0.3) is 6.08 Å². The smallest absolute Gasteiger partial charge is 0.206 e. The maximum Gasteiger partial charge on any atom is 0.206 e. The third kappa shape index (κ3) is 3.30. The molecule has 5 heteroatoms. The number of carbonyl (C=O) groups excluding carboxylic acids is 1. The number of halogens is 3. The number of allylic oxidation sites excluding steroid dienone is 1. The van der Waals surface area contributed by atoms with Gasteiger partial charge in [0.15, 0.2) is 0 Å². The molecule has 0 aliphatic heterocycles. The quantitative estimate of drug-likeness (QED) is 0.457. The average molecular weight is 320 g/mol. The monoisotopic (exact) mass is 319 g/mol. The summed E-state index contributed by atoms with van der Waals surface area (Å²) in [7, 11) is 0. The highest BCUT2D eigenvalue weighted by Gasteiger charge is 2.17. The van der Waals surface area contributed by atoms with E-state index in [0.717, 1.165) is 6.07 Å². The summed E-state index contributed by atoms with van der Waals surface area (Å²) in [4.78, 5) is 12.2. The van der Waals surface area contributed by atoms with E-state index >= 15 is 0 Å². The predicted molar refractivity (Wildman–Crippen MR) is 80.8 cm³/mol. The lowest BCUT2D eigenvalue weighted by Crippen LogP contribution is -2.04. The maximum absolute atomic E-state index is 13.6. The second kappa shape index (κ2) is 6.53. The number of hydrogen-bond acceptors (Lipinski definition) is 2. The average Bonchev–Trinajstić information content (AvgIpc) is 2.47. The number of benzene rings is 2. The Labute approximate surface area is 131 Å². The van der Waals surface area contributed by atoms with Crippen LogP contribution in [0, 0.1) is 17.1 Å². The number of nitriles is 1. The van der Waals surface area contributed by atoms with Crippen LogP contribution in [0.2, 0.25) is 10.0 Å². The van der Waals surface area contributed by atoms with Crippen molar-refractivity contribution in [1.29, 1.82) is 5.26 Å². The van der Waals surface area contributed by atoms with Crippen molar-refractivity contribution in [1.82, 2.24) is 0 Å². The Kier molecular flexibility index (Phi) is 4.74. The summed E-state index contributed by atoms with van der Waals surface area (Å²) >= 11 is 12.0. The van der Waals surface area contributed by atoms with Crippen molar-refractivity contribution in [2.45, 2.75) is 0 Å². The van der Waals surface area contributed by atoms with E-state index in [-0.39, 0.29) is 11.1 Å². The van der Waals surface area contributed by atoms with Gasteiger partial charge in [-0.2, -0.15) is 5.26 Å². The van der Waals surface area contributed by atoms with Crippen LogP contribution in [0.1, 0.15) is 15.9 Å². The van der Waals surface area contributed by atoms with E-state index in [0.29, 0.717) is 15.6 Å². The molecule has 0 heterocycles. The molecule has 0 saturated heterocycles. The summed E-state index contributed by atoms with van der Waals surface area (Å²) in [6.07, 6.45) is 1.26. The molecular formula is C16H8Cl2FNO. The first-order valence-electron chi connectivity index (χ1n) is 5.89.